The minimum atomic E-state index is -0.256. The van der Waals surface area contributed by atoms with E-state index in [0.29, 0.717) is 33.9 Å². The van der Waals surface area contributed by atoms with Crippen molar-refractivity contribution >= 4 is 28.9 Å². The number of rotatable bonds is 6. The molecule has 0 unspecified atom stereocenters. The smallest absolute Gasteiger partial charge is 0.255 e. The maximum absolute atomic E-state index is 12.7. The first-order valence-electron chi connectivity index (χ1n) is 12.1. The van der Waals surface area contributed by atoms with Gasteiger partial charge in [0.1, 0.15) is 29.4 Å². The summed E-state index contributed by atoms with van der Waals surface area (Å²) in [6.07, 6.45) is 3.36. The van der Waals surface area contributed by atoms with Crippen molar-refractivity contribution in [1.29, 1.82) is 5.41 Å². The van der Waals surface area contributed by atoms with Crippen molar-refractivity contribution in [3.63, 3.8) is 0 Å². The number of ether oxygens (including phenoxy) is 1. The molecule has 1 aliphatic rings. The maximum atomic E-state index is 12.7. The fourth-order valence-electron chi connectivity index (χ4n) is 4.10. The zero-order valence-corrected chi connectivity index (χ0v) is 21.3. The van der Waals surface area contributed by atoms with Crippen molar-refractivity contribution < 1.29 is 9.53 Å². The van der Waals surface area contributed by atoms with Crippen LogP contribution in [0.1, 0.15) is 39.9 Å². The highest BCUT2D eigenvalue weighted by molar-refractivity contribution is 6.16. The summed E-state index contributed by atoms with van der Waals surface area (Å²) >= 11 is 0. The van der Waals surface area contributed by atoms with Gasteiger partial charge in [-0.15, -0.1) is 0 Å². The summed E-state index contributed by atoms with van der Waals surface area (Å²) in [4.78, 5) is 23.4. The van der Waals surface area contributed by atoms with E-state index >= 15 is 0 Å². The van der Waals surface area contributed by atoms with Crippen molar-refractivity contribution in [2.24, 2.45) is 0 Å². The lowest BCUT2D eigenvalue weighted by Gasteiger charge is -2.30. The summed E-state index contributed by atoms with van der Waals surface area (Å²) in [6.45, 7) is 3.91. The van der Waals surface area contributed by atoms with Crippen molar-refractivity contribution in [3.05, 3.63) is 71.0 Å². The number of amides is 1. The van der Waals surface area contributed by atoms with Crippen LogP contribution in [0.2, 0.25) is 0 Å². The molecule has 1 amide bonds. The molecule has 0 aliphatic carbocycles. The van der Waals surface area contributed by atoms with Crippen LogP contribution in [0, 0.1) is 24.2 Å². The molecular weight excluding hydrogens is 466 g/mol. The van der Waals surface area contributed by atoms with Crippen LogP contribution in [0.3, 0.4) is 0 Å². The maximum Gasteiger partial charge on any atom is 0.255 e. The molecule has 4 rings (SSSR count). The van der Waals surface area contributed by atoms with Crippen LogP contribution in [0.5, 0.6) is 5.75 Å². The Bertz CT molecular complexity index is 1370. The Hall–Kier alpha value is -4.42. The van der Waals surface area contributed by atoms with E-state index in [0.717, 1.165) is 31.5 Å². The first-order valence-corrected chi connectivity index (χ1v) is 12.1. The van der Waals surface area contributed by atoms with Crippen LogP contribution in [0.15, 0.2) is 48.8 Å². The number of aryl methyl sites for hydroxylation is 1. The lowest BCUT2D eigenvalue weighted by atomic mass is 10.0. The van der Waals surface area contributed by atoms with E-state index in [1.807, 2.05) is 19.1 Å². The Morgan fingerprint density at radius 2 is 1.97 bits per heavy atom. The van der Waals surface area contributed by atoms with Gasteiger partial charge in [-0.05, 0) is 81.7 Å². The van der Waals surface area contributed by atoms with Gasteiger partial charge in [0, 0.05) is 22.9 Å². The van der Waals surface area contributed by atoms with Crippen molar-refractivity contribution in [3.8, 4) is 17.6 Å². The number of methoxy groups -OCH3 is 1. The highest BCUT2D eigenvalue weighted by atomic mass is 16.5. The number of carbonyl (C=O) groups is 1. The monoisotopic (exact) mass is 497 g/mol. The average Bonchev–Trinajstić information content (AvgIpc) is 2.90. The van der Waals surface area contributed by atoms with Crippen molar-refractivity contribution in [2.75, 3.05) is 43.6 Å². The molecule has 0 radical (unpaired) electrons. The van der Waals surface area contributed by atoms with E-state index < -0.39 is 0 Å². The summed E-state index contributed by atoms with van der Waals surface area (Å²) in [5, 5.41) is 15.0. The molecule has 0 saturated carbocycles. The predicted molar refractivity (Wildman–Crippen MR) is 146 cm³/mol. The first kappa shape index (κ1) is 25.7. The van der Waals surface area contributed by atoms with Crippen LogP contribution in [-0.2, 0) is 0 Å². The molecule has 5 N–H and O–H groups in total. The van der Waals surface area contributed by atoms with Gasteiger partial charge in [0.2, 0.25) is 0 Å². The topological polar surface area (TPSA) is 129 Å². The van der Waals surface area contributed by atoms with Gasteiger partial charge in [-0.25, -0.2) is 9.97 Å². The largest absolute Gasteiger partial charge is 0.497 e. The number of hydrogen-bond donors (Lipinski definition) is 4. The summed E-state index contributed by atoms with van der Waals surface area (Å²) < 4.78 is 5.20. The predicted octanol–water partition coefficient (Wildman–Crippen LogP) is 3.55. The Morgan fingerprint density at radius 1 is 1.19 bits per heavy atom. The van der Waals surface area contributed by atoms with Crippen LogP contribution in [-0.4, -0.2) is 59.8 Å². The minimum absolute atomic E-state index is 0.0266. The molecule has 0 spiro atoms. The second kappa shape index (κ2) is 11.5. The van der Waals surface area contributed by atoms with E-state index in [9.17, 15) is 4.79 Å². The SMILES string of the molecule is COc1cccc(C(=O)Nc2ccc(C)c(C#CC(=N)c3c(N)ncnc3NC3CCN(C)CC3)c2)c1. The number of carbonyl (C=O) groups excluding carboxylic acids is 1. The Balaban J connectivity index is 1.52. The quantitative estimate of drug-likeness (QED) is 0.303. The van der Waals surface area contributed by atoms with Crippen LogP contribution in [0.25, 0.3) is 0 Å². The number of nitrogens with one attached hydrogen (secondary N) is 3. The molecule has 0 bridgehead atoms. The molecule has 3 aromatic rings. The summed E-state index contributed by atoms with van der Waals surface area (Å²) in [7, 11) is 3.67. The standard InChI is InChI=1S/C28H31N7O2/c1-18-7-9-22(34-28(36)20-5-4-6-23(16-20)37-3)15-19(18)8-10-24(29)25-26(30)31-17-32-27(25)33-21-11-13-35(2)14-12-21/h4-7,9,15-17,21,29H,11-14H2,1-3H3,(H,34,36)(H3,30,31,32,33). The molecule has 9 nitrogen and oxygen atoms in total. The molecule has 2 heterocycles. The molecule has 9 heteroatoms. The Kier molecular flexibility index (Phi) is 8.01. The zero-order chi connectivity index (χ0) is 26.4. The highest BCUT2D eigenvalue weighted by Crippen LogP contribution is 2.22. The second-order valence-corrected chi connectivity index (χ2v) is 9.05. The number of nitrogen functional groups attached to an aromatic ring is 1. The zero-order valence-electron chi connectivity index (χ0n) is 21.3. The first-order chi connectivity index (χ1) is 17.8. The van der Waals surface area contributed by atoms with E-state index in [-0.39, 0.29) is 23.5 Å². The fraction of sp³-hybridized carbons (Fsp3) is 0.286. The number of hydrogen-bond acceptors (Lipinski definition) is 8. The molecule has 1 saturated heterocycles. The number of anilines is 3. The van der Waals surface area contributed by atoms with Gasteiger partial charge in [0.25, 0.3) is 5.91 Å². The van der Waals surface area contributed by atoms with Crippen LogP contribution in [0.4, 0.5) is 17.3 Å². The van der Waals surface area contributed by atoms with Gasteiger partial charge in [-0.2, -0.15) is 0 Å². The van der Waals surface area contributed by atoms with Crippen LogP contribution >= 0.6 is 0 Å². The van der Waals surface area contributed by atoms with Gasteiger partial charge in [0.05, 0.1) is 12.7 Å². The average molecular weight is 498 g/mol. The van der Waals surface area contributed by atoms with E-state index in [1.54, 1.807) is 37.4 Å². The summed E-state index contributed by atoms with van der Waals surface area (Å²) in [5.74, 6) is 7.05. The molecule has 190 valence electrons. The van der Waals surface area contributed by atoms with E-state index in [4.69, 9.17) is 15.9 Å². The second-order valence-electron chi connectivity index (χ2n) is 9.05. The lowest BCUT2D eigenvalue weighted by Crippen LogP contribution is -2.37. The third-order valence-electron chi connectivity index (χ3n) is 6.34. The fourth-order valence-corrected chi connectivity index (χ4v) is 4.10. The number of likely N-dealkylation sites (tertiary alicyclic amines) is 1. The van der Waals surface area contributed by atoms with Crippen molar-refractivity contribution in [1.82, 2.24) is 14.9 Å². The van der Waals surface area contributed by atoms with Gasteiger partial charge in [-0.3, -0.25) is 10.2 Å². The van der Waals surface area contributed by atoms with E-state index in [1.165, 1.54) is 6.33 Å². The molecular formula is C28H31N7O2. The third-order valence-corrected chi connectivity index (χ3v) is 6.34. The van der Waals surface area contributed by atoms with E-state index in [2.05, 4.69) is 44.4 Å². The summed E-state index contributed by atoms with van der Waals surface area (Å²) in [6, 6.07) is 12.7. The molecule has 1 aliphatic heterocycles. The van der Waals surface area contributed by atoms with Gasteiger partial charge < -0.3 is 26.0 Å². The molecule has 2 aromatic carbocycles. The van der Waals surface area contributed by atoms with Crippen LogP contribution < -0.4 is 21.1 Å². The number of benzene rings is 2. The molecule has 1 fully saturated rings. The Labute approximate surface area is 217 Å². The molecule has 1 aromatic heterocycles. The minimum Gasteiger partial charge on any atom is -0.497 e. The lowest BCUT2D eigenvalue weighted by molar-refractivity contribution is 0.102. The summed E-state index contributed by atoms with van der Waals surface area (Å²) in [5.41, 5.74) is 9.25. The number of nitrogens with zero attached hydrogens (tertiary/aromatic N) is 3. The Morgan fingerprint density at radius 3 is 2.73 bits per heavy atom. The molecule has 37 heavy (non-hydrogen) atoms. The number of nitrogens with two attached hydrogens (primary N) is 1. The van der Waals surface area contributed by atoms with Gasteiger partial charge in [0.15, 0.2) is 0 Å². The van der Waals surface area contributed by atoms with Gasteiger partial charge in [-0.1, -0.05) is 18.1 Å². The normalized spacial score (nSPS) is 13.8. The van der Waals surface area contributed by atoms with Gasteiger partial charge >= 0.3 is 0 Å². The number of piperidine rings is 1. The van der Waals surface area contributed by atoms with Crippen molar-refractivity contribution in [2.45, 2.75) is 25.8 Å². The number of aromatic nitrogens is 2. The molecule has 0 atom stereocenters. The third kappa shape index (κ3) is 6.42. The highest BCUT2D eigenvalue weighted by Gasteiger charge is 2.20.